The number of nitrogens with one attached hydrogen (secondary N) is 2. The highest BCUT2D eigenvalue weighted by atomic mass is 16.7. The van der Waals surface area contributed by atoms with Crippen LogP contribution in [0.15, 0.2) is 77.6 Å². The molecular weight excluding hydrogens is 600 g/mol. The number of aromatic nitrogens is 2. The Labute approximate surface area is 273 Å². The molecule has 2 aliphatic heterocycles. The zero-order valence-electron chi connectivity index (χ0n) is 26.9. The molecule has 0 unspecified atom stereocenters. The summed E-state index contributed by atoms with van der Waals surface area (Å²) in [5.41, 5.74) is 4.95. The Hall–Kier alpha value is -4.29. The van der Waals surface area contributed by atoms with E-state index >= 15 is 0 Å². The molecule has 0 aliphatic carbocycles. The molecule has 248 valence electrons. The molecule has 11 heteroatoms. The van der Waals surface area contributed by atoms with E-state index in [1.165, 1.54) is 13.8 Å². The molecule has 3 aromatic carbocycles. The number of carbonyl (C=O) groups excluding carboxylic acids is 2. The number of rotatable bonds is 9. The second-order valence-electron chi connectivity index (χ2n) is 12.5. The number of benzene rings is 3. The Morgan fingerprint density at radius 3 is 2.36 bits per heavy atom. The molecule has 3 N–H and O–H groups in total. The van der Waals surface area contributed by atoms with E-state index in [1.807, 2.05) is 65.2 Å². The highest BCUT2D eigenvalue weighted by Crippen LogP contribution is 2.42. The van der Waals surface area contributed by atoms with Crippen molar-refractivity contribution in [3.8, 4) is 0 Å². The monoisotopic (exact) mass is 642 g/mol. The number of aliphatic hydroxyl groups excluding tert-OH is 1. The number of hydrogen-bond donors (Lipinski definition) is 3. The van der Waals surface area contributed by atoms with Crippen LogP contribution in [0.1, 0.15) is 68.7 Å². The summed E-state index contributed by atoms with van der Waals surface area (Å²) < 4.78 is 20.1. The number of nitrogens with zero attached hydrogens (tertiary/aromatic N) is 2. The predicted molar refractivity (Wildman–Crippen MR) is 177 cm³/mol. The van der Waals surface area contributed by atoms with Gasteiger partial charge in [-0.15, -0.1) is 0 Å². The molecule has 4 aromatic rings. The largest absolute Gasteiger partial charge is 0.453 e. The van der Waals surface area contributed by atoms with Crippen LogP contribution in [0.3, 0.4) is 0 Å². The van der Waals surface area contributed by atoms with Crippen molar-refractivity contribution in [2.24, 2.45) is 5.92 Å². The third-order valence-electron chi connectivity index (χ3n) is 9.27. The molecule has 2 saturated heterocycles. The Morgan fingerprint density at radius 1 is 1.00 bits per heavy atom. The average Bonchev–Trinajstić information content (AvgIpc) is 3.41. The minimum absolute atomic E-state index is 0.0289. The zero-order chi connectivity index (χ0) is 33.1. The van der Waals surface area contributed by atoms with Gasteiger partial charge in [0.25, 0.3) is 5.91 Å². The number of fused-ring (bicyclic) bond motifs is 1. The molecule has 0 saturated carbocycles. The smallest absolute Gasteiger partial charge is 0.326 e. The number of H-pyrrole nitrogens is 1. The van der Waals surface area contributed by atoms with Crippen LogP contribution >= 0.6 is 0 Å². The van der Waals surface area contributed by atoms with Gasteiger partial charge in [0.15, 0.2) is 12.4 Å². The molecule has 2 aliphatic rings. The summed E-state index contributed by atoms with van der Waals surface area (Å²) in [5.74, 6) is -0.911. The van der Waals surface area contributed by atoms with Crippen molar-refractivity contribution in [2.75, 3.05) is 25.0 Å². The second kappa shape index (κ2) is 14.2. The quantitative estimate of drug-likeness (QED) is 0.221. The van der Waals surface area contributed by atoms with Crippen molar-refractivity contribution in [1.29, 1.82) is 0 Å². The molecule has 3 heterocycles. The third kappa shape index (κ3) is 7.33. The molecule has 6 rings (SSSR count). The molecule has 0 spiro atoms. The lowest BCUT2D eigenvalue weighted by atomic mass is 9.89. The summed E-state index contributed by atoms with van der Waals surface area (Å²) >= 11 is 0. The number of likely N-dealkylation sites (tertiary alicyclic amines) is 1. The van der Waals surface area contributed by atoms with Crippen molar-refractivity contribution in [2.45, 2.75) is 70.9 Å². The van der Waals surface area contributed by atoms with Crippen LogP contribution in [0, 0.1) is 5.92 Å². The number of amides is 1. The molecule has 2 fully saturated rings. The van der Waals surface area contributed by atoms with E-state index in [0.717, 1.165) is 53.7 Å². The molecule has 0 radical (unpaired) electrons. The predicted octanol–water partition coefficient (Wildman–Crippen LogP) is 4.84. The summed E-state index contributed by atoms with van der Waals surface area (Å²) in [7, 11) is 0. The maximum Gasteiger partial charge on any atom is 0.326 e. The molecule has 0 bridgehead atoms. The topological polar surface area (TPSA) is 135 Å². The number of carbonyl (C=O) groups is 2. The number of para-hydroxylation sites is 2. The van der Waals surface area contributed by atoms with Gasteiger partial charge in [0.1, 0.15) is 0 Å². The van der Waals surface area contributed by atoms with E-state index in [9.17, 15) is 19.5 Å². The first-order valence-corrected chi connectivity index (χ1v) is 16.2. The lowest BCUT2D eigenvalue weighted by Crippen LogP contribution is -2.47. The number of imidazole rings is 1. The van der Waals surface area contributed by atoms with Crippen molar-refractivity contribution in [3.05, 3.63) is 100.0 Å². The summed E-state index contributed by atoms with van der Waals surface area (Å²) in [5, 5.41) is 12.3. The first-order valence-electron chi connectivity index (χ1n) is 16.2. The van der Waals surface area contributed by atoms with Crippen LogP contribution < -0.4 is 11.0 Å². The second-order valence-corrected chi connectivity index (χ2v) is 12.5. The van der Waals surface area contributed by atoms with Crippen LogP contribution in [-0.2, 0) is 30.4 Å². The Morgan fingerprint density at radius 2 is 1.68 bits per heavy atom. The number of aromatic amines is 1. The Bertz CT molecular complexity index is 1740. The molecule has 5 atom stereocenters. The van der Waals surface area contributed by atoms with Crippen LogP contribution in [0.5, 0.6) is 0 Å². The van der Waals surface area contributed by atoms with Gasteiger partial charge in [-0.2, -0.15) is 0 Å². The number of ether oxygens (including phenoxy) is 3. The lowest BCUT2D eigenvalue weighted by molar-refractivity contribution is -0.276. The van der Waals surface area contributed by atoms with E-state index in [0.29, 0.717) is 12.2 Å². The molecule has 1 amide bonds. The number of anilines is 1. The van der Waals surface area contributed by atoms with E-state index < -0.39 is 24.3 Å². The SMILES string of the molecule is CC(=O)O[C@@H](C)C(=O)Nc1ccc([C@H]2O[C@@H](CN3CCC(n4c(=O)[nH]c5ccccc54)CC3)[C@@H](C)[C@@H](c3ccc(CO)cc3)O2)cc1. The summed E-state index contributed by atoms with van der Waals surface area (Å²) in [4.78, 5) is 41.9. The third-order valence-corrected chi connectivity index (χ3v) is 9.27. The standard InChI is InChI=1S/C36H42N4O7/c1-22-32(20-39-18-16-29(17-19-39)40-31-7-5-4-6-30(31)38-36(40)44)46-35(47-33(22)26-10-8-25(21-41)9-11-26)27-12-14-28(15-13-27)37-34(43)23(2)45-24(3)42/h4-15,22-23,29,32-33,35,41H,16-21H2,1-3H3,(H,37,43)(H,38,44)/t22-,23+,32+,33+,35+/m1/s1. The van der Waals surface area contributed by atoms with Gasteiger partial charge in [-0.25, -0.2) is 4.79 Å². The fourth-order valence-electron chi connectivity index (χ4n) is 6.65. The number of aliphatic hydroxyl groups is 1. The summed E-state index contributed by atoms with van der Waals surface area (Å²) in [6, 6.07) is 23.1. The summed E-state index contributed by atoms with van der Waals surface area (Å²) in [6.45, 7) is 7.29. The van der Waals surface area contributed by atoms with Crippen LogP contribution in [0.25, 0.3) is 11.0 Å². The molecule has 47 heavy (non-hydrogen) atoms. The average molecular weight is 643 g/mol. The highest BCUT2D eigenvalue weighted by Gasteiger charge is 2.39. The maximum atomic E-state index is 12.8. The van der Waals surface area contributed by atoms with Gasteiger partial charge < -0.3 is 34.5 Å². The van der Waals surface area contributed by atoms with E-state index in [4.69, 9.17) is 14.2 Å². The minimum Gasteiger partial charge on any atom is -0.453 e. The van der Waals surface area contributed by atoms with Gasteiger partial charge in [-0.05, 0) is 55.2 Å². The first kappa shape index (κ1) is 32.6. The Kier molecular flexibility index (Phi) is 9.88. The van der Waals surface area contributed by atoms with Crippen molar-refractivity contribution >= 4 is 28.6 Å². The number of piperidine rings is 1. The van der Waals surface area contributed by atoms with Crippen molar-refractivity contribution in [1.82, 2.24) is 14.5 Å². The van der Waals surface area contributed by atoms with Gasteiger partial charge in [0.2, 0.25) is 0 Å². The van der Waals surface area contributed by atoms with Crippen LogP contribution in [0.2, 0.25) is 0 Å². The first-order chi connectivity index (χ1) is 22.7. The van der Waals surface area contributed by atoms with E-state index in [-0.39, 0.29) is 36.5 Å². The van der Waals surface area contributed by atoms with Gasteiger partial charge in [0.05, 0.1) is 29.8 Å². The zero-order valence-corrected chi connectivity index (χ0v) is 26.9. The van der Waals surface area contributed by atoms with Crippen LogP contribution in [0.4, 0.5) is 5.69 Å². The van der Waals surface area contributed by atoms with Gasteiger partial charge >= 0.3 is 11.7 Å². The fraction of sp³-hybridized carbons (Fsp3) is 0.417. The van der Waals surface area contributed by atoms with E-state index in [2.05, 4.69) is 22.1 Å². The van der Waals surface area contributed by atoms with Gasteiger partial charge in [-0.3, -0.25) is 14.2 Å². The highest BCUT2D eigenvalue weighted by molar-refractivity contribution is 5.94. The molecule has 11 nitrogen and oxygen atoms in total. The van der Waals surface area contributed by atoms with Crippen molar-refractivity contribution in [3.63, 3.8) is 0 Å². The van der Waals surface area contributed by atoms with Gasteiger partial charge in [-0.1, -0.05) is 55.5 Å². The lowest BCUT2D eigenvalue weighted by Gasteiger charge is -2.44. The minimum atomic E-state index is -0.911. The number of hydrogen-bond acceptors (Lipinski definition) is 8. The van der Waals surface area contributed by atoms with Crippen LogP contribution in [-0.4, -0.2) is 63.3 Å². The fourth-order valence-corrected chi connectivity index (χ4v) is 6.65. The maximum absolute atomic E-state index is 12.8. The molecule has 1 aromatic heterocycles. The Balaban J connectivity index is 1.16. The van der Waals surface area contributed by atoms with E-state index in [1.54, 1.807) is 12.1 Å². The number of esters is 1. The normalized spacial score (nSPS) is 23.0. The van der Waals surface area contributed by atoms with Gasteiger partial charge in [0, 0.05) is 49.8 Å². The van der Waals surface area contributed by atoms with Crippen molar-refractivity contribution < 1.29 is 28.9 Å². The molecular formula is C36H42N4O7. The summed E-state index contributed by atoms with van der Waals surface area (Å²) in [6.07, 6.45) is -0.238.